The van der Waals surface area contributed by atoms with Crippen LogP contribution in [0.3, 0.4) is 0 Å². The van der Waals surface area contributed by atoms with Gasteiger partial charge in [0.25, 0.3) is 0 Å². The van der Waals surface area contributed by atoms with Gasteiger partial charge in [0, 0.05) is 19.3 Å². The van der Waals surface area contributed by atoms with Crippen LogP contribution in [0, 0.1) is 11.3 Å². The van der Waals surface area contributed by atoms with Gasteiger partial charge in [-0.1, -0.05) is 13.8 Å². The van der Waals surface area contributed by atoms with Crippen molar-refractivity contribution in [3.63, 3.8) is 0 Å². The van der Waals surface area contributed by atoms with E-state index in [9.17, 15) is 22.8 Å². The molecule has 0 spiro atoms. The molecule has 1 atom stereocenters. The van der Waals surface area contributed by atoms with Crippen LogP contribution in [0.1, 0.15) is 43.9 Å². The Labute approximate surface area is 168 Å². The van der Waals surface area contributed by atoms with Crippen molar-refractivity contribution < 1.29 is 27.9 Å². The molecule has 0 saturated heterocycles. The second-order valence-corrected chi connectivity index (χ2v) is 7.64. The maximum absolute atomic E-state index is 13.5. The van der Waals surface area contributed by atoms with Crippen molar-refractivity contribution in [1.29, 1.82) is 5.41 Å². The van der Waals surface area contributed by atoms with Crippen molar-refractivity contribution in [2.45, 2.75) is 45.3 Å². The van der Waals surface area contributed by atoms with E-state index in [-0.39, 0.29) is 30.9 Å². The summed E-state index contributed by atoms with van der Waals surface area (Å²) in [6.45, 7) is 4.00. The number of halogens is 3. The number of carboxylic acids is 1. The summed E-state index contributed by atoms with van der Waals surface area (Å²) in [4.78, 5) is 25.0. The average molecular weight is 418 g/mol. The van der Waals surface area contributed by atoms with Crippen molar-refractivity contribution in [3.8, 4) is 0 Å². The summed E-state index contributed by atoms with van der Waals surface area (Å²) < 4.78 is 41.6. The molecule has 164 valence electrons. The molecular weight excluding hydrogens is 389 g/mol. The van der Waals surface area contributed by atoms with Crippen LogP contribution >= 0.6 is 0 Å². The molecular formula is C19H29F3N4O3. The maximum Gasteiger partial charge on any atom is 0.416 e. The van der Waals surface area contributed by atoms with Gasteiger partial charge in [-0.2, -0.15) is 13.2 Å². The molecule has 10 heteroatoms. The van der Waals surface area contributed by atoms with E-state index in [0.717, 1.165) is 6.07 Å². The van der Waals surface area contributed by atoms with Crippen molar-refractivity contribution in [2.24, 2.45) is 5.92 Å². The summed E-state index contributed by atoms with van der Waals surface area (Å²) in [6.07, 6.45) is -3.23. The number of nitrogens with zero attached hydrogens (tertiary/aromatic N) is 2. The Hall–Kier alpha value is -2.36. The van der Waals surface area contributed by atoms with E-state index in [0.29, 0.717) is 13.0 Å². The Kier molecular flexibility index (Phi) is 8.87. The van der Waals surface area contributed by atoms with E-state index < -0.39 is 35.1 Å². The molecule has 7 nitrogen and oxygen atoms in total. The molecule has 0 bridgehead atoms. The number of carbonyl (C=O) groups is 2. The van der Waals surface area contributed by atoms with Crippen LogP contribution in [-0.2, 0) is 22.2 Å². The van der Waals surface area contributed by atoms with Crippen molar-refractivity contribution in [3.05, 3.63) is 28.9 Å². The molecule has 0 aliphatic heterocycles. The zero-order chi connectivity index (χ0) is 22.4. The molecule has 1 amide bonds. The second-order valence-electron chi connectivity index (χ2n) is 7.64. The van der Waals surface area contributed by atoms with Crippen molar-refractivity contribution >= 4 is 11.9 Å². The van der Waals surface area contributed by atoms with E-state index in [4.69, 9.17) is 10.5 Å². The van der Waals surface area contributed by atoms with Gasteiger partial charge in [-0.05, 0) is 44.5 Å². The fourth-order valence-electron chi connectivity index (χ4n) is 2.88. The predicted octanol–water partition coefficient (Wildman–Crippen LogP) is 2.27. The van der Waals surface area contributed by atoms with Crippen LogP contribution < -0.4 is 10.8 Å². The molecule has 3 N–H and O–H groups in total. The quantitative estimate of drug-likeness (QED) is 0.543. The molecule has 1 heterocycles. The number of alkyl halides is 3. The Bertz CT molecular complexity index is 773. The number of aliphatic carboxylic acids is 1. The van der Waals surface area contributed by atoms with E-state index >= 15 is 0 Å². The van der Waals surface area contributed by atoms with Gasteiger partial charge in [0.2, 0.25) is 5.91 Å². The lowest BCUT2D eigenvalue weighted by Crippen LogP contribution is -2.39. The number of aromatic nitrogens is 1. The Morgan fingerprint density at radius 2 is 1.93 bits per heavy atom. The van der Waals surface area contributed by atoms with Gasteiger partial charge in [-0.15, -0.1) is 0 Å². The first kappa shape index (κ1) is 24.7. The van der Waals surface area contributed by atoms with Gasteiger partial charge in [0.1, 0.15) is 11.5 Å². The number of carboxylic acid groups (broad SMARTS) is 1. The molecule has 0 aliphatic carbocycles. The summed E-state index contributed by atoms with van der Waals surface area (Å²) in [7, 11) is 3.50. The lowest BCUT2D eigenvalue weighted by Gasteiger charge is -2.24. The molecule has 1 rings (SSSR count). The van der Waals surface area contributed by atoms with Crippen molar-refractivity contribution in [1.82, 2.24) is 14.8 Å². The zero-order valence-corrected chi connectivity index (χ0v) is 17.1. The van der Waals surface area contributed by atoms with E-state index in [2.05, 4.69) is 5.32 Å². The first-order chi connectivity index (χ1) is 13.3. The molecule has 0 fully saturated rings. The highest BCUT2D eigenvalue weighted by molar-refractivity contribution is 5.80. The number of hydrogen-bond donors (Lipinski definition) is 3. The number of hydrogen-bond acceptors (Lipinski definition) is 4. The van der Waals surface area contributed by atoms with E-state index in [1.807, 2.05) is 13.8 Å². The van der Waals surface area contributed by atoms with E-state index in [1.54, 1.807) is 19.0 Å². The molecule has 29 heavy (non-hydrogen) atoms. The Morgan fingerprint density at radius 3 is 2.41 bits per heavy atom. The summed E-state index contributed by atoms with van der Waals surface area (Å²) in [5.41, 5.74) is -1.30. The van der Waals surface area contributed by atoms with Crippen LogP contribution in [0.4, 0.5) is 13.2 Å². The zero-order valence-electron chi connectivity index (χ0n) is 17.1. The standard InChI is InChI=1S/C19H29F3N4O3/c1-12(2)9-15(18(29)24-7-5-17(27)28)26-11-13(6-8-25(3)4)14(10-16(26)23)19(20,21)22/h10-12,15,23H,5-9H2,1-4H3,(H,24,29)(H,27,28). The SMILES string of the molecule is CC(C)CC(C(=O)NCCC(=O)O)n1cc(CCN(C)C)c(C(F)(F)F)cc1=N. The number of amides is 1. The second kappa shape index (κ2) is 10.4. The highest BCUT2D eigenvalue weighted by atomic mass is 19.4. The van der Waals surface area contributed by atoms with Crippen molar-refractivity contribution in [2.75, 3.05) is 27.2 Å². The minimum absolute atomic E-state index is 0.00860. The van der Waals surface area contributed by atoms with Crippen LogP contribution in [0.5, 0.6) is 0 Å². The monoisotopic (exact) mass is 418 g/mol. The molecule has 1 aromatic heterocycles. The first-order valence-electron chi connectivity index (χ1n) is 9.34. The summed E-state index contributed by atoms with van der Waals surface area (Å²) in [5, 5.41) is 19.3. The molecule has 0 saturated carbocycles. The molecule has 0 aliphatic rings. The molecule has 1 aromatic rings. The third kappa shape index (κ3) is 7.88. The Morgan fingerprint density at radius 1 is 1.31 bits per heavy atom. The lowest BCUT2D eigenvalue weighted by atomic mass is 10.0. The smallest absolute Gasteiger partial charge is 0.416 e. The summed E-state index contributed by atoms with van der Waals surface area (Å²) >= 11 is 0. The normalized spacial score (nSPS) is 13.0. The third-order valence-electron chi connectivity index (χ3n) is 4.31. The van der Waals surface area contributed by atoms with Crippen LogP contribution in [0.2, 0.25) is 0 Å². The highest BCUT2D eigenvalue weighted by Gasteiger charge is 2.34. The van der Waals surface area contributed by atoms with Gasteiger partial charge in [0.05, 0.1) is 12.0 Å². The number of pyridine rings is 1. The van der Waals surface area contributed by atoms with Gasteiger partial charge >= 0.3 is 12.1 Å². The van der Waals surface area contributed by atoms with Gasteiger partial charge in [-0.25, -0.2) is 0 Å². The minimum Gasteiger partial charge on any atom is -0.481 e. The number of nitrogens with one attached hydrogen (secondary N) is 2. The molecule has 0 aromatic carbocycles. The summed E-state index contributed by atoms with van der Waals surface area (Å²) in [5.74, 6) is -1.55. The van der Waals surface area contributed by atoms with Crippen LogP contribution in [0.15, 0.2) is 12.3 Å². The maximum atomic E-state index is 13.5. The number of likely N-dealkylation sites (N-methyl/N-ethyl adjacent to an activating group) is 1. The fraction of sp³-hybridized carbons (Fsp3) is 0.632. The average Bonchev–Trinajstić information content (AvgIpc) is 2.57. The molecule has 0 radical (unpaired) electrons. The third-order valence-corrected chi connectivity index (χ3v) is 4.31. The fourth-order valence-corrected chi connectivity index (χ4v) is 2.88. The van der Waals surface area contributed by atoms with Gasteiger partial charge < -0.3 is 19.9 Å². The lowest BCUT2D eigenvalue weighted by molar-refractivity contribution is -0.138. The number of rotatable bonds is 10. The van der Waals surface area contributed by atoms with Crippen LogP contribution in [-0.4, -0.2) is 53.6 Å². The summed E-state index contributed by atoms with van der Waals surface area (Å²) in [6, 6.07) is -0.153. The first-order valence-corrected chi connectivity index (χ1v) is 9.34. The van der Waals surface area contributed by atoms with Gasteiger partial charge in [0.15, 0.2) is 0 Å². The predicted molar refractivity (Wildman–Crippen MR) is 101 cm³/mol. The Balaban J connectivity index is 3.35. The number of carbonyl (C=O) groups excluding carboxylic acids is 1. The van der Waals surface area contributed by atoms with E-state index in [1.165, 1.54) is 10.8 Å². The van der Waals surface area contributed by atoms with Gasteiger partial charge in [-0.3, -0.25) is 15.0 Å². The van der Waals surface area contributed by atoms with Crippen LogP contribution in [0.25, 0.3) is 0 Å². The minimum atomic E-state index is -4.60. The largest absolute Gasteiger partial charge is 0.481 e. The highest BCUT2D eigenvalue weighted by Crippen LogP contribution is 2.32. The molecule has 1 unspecified atom stereocenters. The topological polar surface area (TPSA) is 98.4 Å².